The van der Waals surface area contributed by atoms with Gasteiger partial charge in [-0.05, 0) is 61.0 Å². The summed E-state index contributed by atoms with van der Waals surface area (Å²) < 4.78 is 10.9. The molecule has 1 amide bonds. The van der Waals surface area contributed by atoms with E-state index < -0.39 is 0 Å². The molecule has 8 nitrogen and oxygen atoms in total. The van der Waals surface area contributed by atoms with Gasteiger partial charge in [0.15, 0.2) is 23.2 Å². The number of carbonyl (C=O) groups is 1. The summed E-state index contributed by atoms with van der Waals surface area (Å²) in [7, 11) is 0. The Bertz CT molecular complexity index is 1480. The van der Waals surface area contributed by atoms with Crippen molar-refractivity contribution in [2.75, 3.05) is 18.5 Å². The van der Waals surface area contributed by atoms with E-state index in [1.807, 2.05) is 54.8 Å². The van der Waals surface area contributed by atoms with Crippen LogP contribution in [0.5, 0.6) is 11.5 Å². The molecule has 4 rings (SSSR count). The number of anilines is 2. The number of carbonyl (C=O) groups excluding carboxylic acids is 1. The summed E-state index contributed by atoms with van der Waals surface area (Å²) in [6, 6.07) is 19.6. The zero-order valence-electron chi connectivity index (χ0n) is 20.1. The Kier molecular flexibility index (Phi) is 9.16. The smallest absolute Gasteiger partial charge is 0.271 e. The van der Waals surface area contributed by atoms with Gasteiger partial charge in [0.2, 0.25) is 0 Å². The van der Waals surface area contributed by atoms with E-state index in [4.69, 9.17) is 37.9 Å². The maximum absolute atomic E-state index is 12.6. The number of thiazole rings is 1. The lowest BCUT2D eigenvalue weighted by Crippen LogP contribution is -2.17. The van der Waals surface area contributed by atoms with Gasteiger partial charge >= 0.3 is 0 Å². The molecule has 4 aromatic rings. The normalized spacial score (nSPS) is 10.7. The molecule has 1 aromatic heterocycles. The lowest BCUT2D eigenvalue weighted by Gasteiger charge is -2.12. The van der Waals surface area contributed by atoms with Crippen molar-refractivity contribution in [1.82, 2.24) is 10.4 Å². The van der Waals surface area contributed by atoms with E-state index in [1.54, 1.807) is 24.3 Å². The molecule has 0 atom stereocenters. The average molecular weight is 566 g/mol. The van der Waals surface area contributed by atoms with Crippen molar-refractivity contribution >= 4 is 57.5 Å². The molecule has 3 aromatic carbocycles. The lowest BCUT2D eigenvalue weighted by molar-refractivity contribution is 0.0955. The number of benzene rings is 3. The first kappa shape index (κ1) is 26.9. The molecule has 192 valence electrons. The molecule has 0 bridgehead atoms. The quantitative estimate of drug-likeness (QED) is 0.159. The fraction of sp³-hybridized carbons (Fsp3) is 0.111. The highest BCUT2D eigenvalue weighted by Gasteiger charge is 2.13. The van der Waals surface area contributed by atoms with Crippen molar-refractivity contribution in [3.05, 3.63) is 87.2 Å². The standard InChI is InChI=1S/C27H21Cl2N5O3S/c1-2-36-24-14-17(13-22(29)25(24)37-12-11-30)15-31-34-26(35)19-5-3-18(4-6-19)23-16-38-27(33-23)32-21-9-7-20(28)8-10-21/h3-10,13-16H,2,12H2,1H3,(H,32,33)(H,34,35)/b31-15-. The number of aromatic nitrogens is 1. The molecular weight excluding hydrogens is 545 g/mol. The van der Waals surface area contributed by atoms with Crippen LogP contribution in [0.25, 0.3) is 11.3 Å². The molecule has 38 heavy (non-hydrogen) atoms. The SMILES string of the molecule is CCOc1cc(/C=N\NC(=O)c2ccc(-c3csc(Nc4ccc(Cl)cc4)n3)cc2)cc(Cl)c1OCC#N. The van der Waals surface area contributed by atoms with Crippen molar-refractivity contribution in [3.63, 3.8) is 0 Å². The summed E-state index contributed by atoms with van der Waals surface area (Å²) in [5.74, 6) is 0.290. The number of hydrogen-bond donors (Lipinski definition) is 2. The minimum absolute atomic E-state index is 0.161. The highest BCUT2D eigenvalue weighted by Crippen LogP contribution is 2.36. The van der Waals surface area contributed by atoms with Crippen LogP contribution in [0, 0.1) is 11.3 Å². The second-order valence-corrected chi connectivity index (χ2v) is 9.36. The summed E-state index contributed by atoms with van der Waals surface area (Å²) in [6.45, 7) is 2.04. The summed E-state index contributed by atoms with van der Waals surface area (Å²) >= 11 is 13.7. The van der Waals surface area contributed by atoms with Gasteiger partial charge in [-0.15, -0.1) is 11.3 Å². The maximum Gasteiger partial charge on any atom is 0.271 e. The third-order valence-electron chi connectivity index (χ3n) is 5.03. The van der Waals surface area contributed by atoms with Crippen LogP contribution in [-0.4, -0.2) is 30.3 Å². The van der Waals surface area contributed by atoms with Crippen molar-refractivity contribution in [2.24, 2.45) is 5.10 Å². The van der Waals surface area contributed by atoms with Crippen LogP contribution >= 0.6 is 34.5 Å². The molecule has 0 spiro atoms. The number of nitriles is 1. The van der Waals surface area contributed by atoms with Gasteiger partial charge in [0.25, 0.3) is 5.91 Å². The number of hydrogen-bond acceptors (Lipinski definition) is 8. The molecule has 0 fully saturated rings. The molecule has 0 aliphatic carbocycles. The van der Waals surface area contributed by atoms with Gasteiger partial charge < -0.3 is 14.8 Å². The minimum Gasteiger partial charge on any atom is -0.490 e. The summed E-state index contributed by atoms with van der Waals surface area (Å²) in [5.41, 5.74) is 6.09. The van der Waals surface area contributed by atoms with Crippen LogP contribution in [0.1, 0.15) is 22.8 Å². The maximum atomic E-state index is 12.6. The Balaban J connectivity index is 1.38. The van der Waals surface area contributed by atoms with Crippen molar-refractivity contribution in [1.29, 1.82) is 5.26 Å². The zero-order valence-corrected chi connectivity index (χ0v) is 22.4. The fourth-order valence-corrected chi connectivity index (χ4v) is 4.45. The monoisotopic (exact) mass is 565 g/mol. The Morgan fingerprint density at radius 3 is 2.61 bits per heavy atom. The number of ether oxygens (including phenoxy) is 2. The first-order valence-electron chi connectivity index (χ1n) is 11.3. The average Bonchev–Trinajstić information content (AvgIpc) is 3.38. The minimum atomic E-state index is -0.374. The predicted molar refractivity (Wildman–Crippen MR) is 151 cm³/mol. The Hall–Kier alpha value is -4.10. The largest absolute Gasteiger partial charge is 0.490 e. The number of hydrazone groups is 1. The third-order valence-corrected chi connectivity index (χ3v) is 6.33. The van der Waals surface area contributed by atoms with E-state index in [-0.39, 0.29) is 23.3 Å². The highest BCUT2D eigenvalue weighted by atomic mass is 35.5. The fourth-order valence-electron chi connectivity index (χ4n) is 3.31. The van der Waals surface area contributed by atoms with Crippen LogP contribution in [0.4, 0.5) is 10.8 Å². The van der Waals surface area contributed by atoms with Gasteiger partial charge in [-0.3, -0.25) is 4.79 Å². The summed E-state index contributed by atoms with van der Waals surface area (Å²) in [4.78, 5) is 17.2. The molecule has 0 aliphatic rings. The van der Waals surface area contributed by atoms with Gasteiger partial charge in [-0.25, -0.2) is 10.4 Å². The topological polar surface area (TPSA) is 109 Å². The first-order chi connectivity index (χ1) is 18.5. The number of nitrogens with zero attached hydrogens (tertiary/aromatic N) is 3. The van der Waals surface area contributed by atoms with Gasteiger partial charge in [-0.1, -0.05) is 35.3 Å². The molecule has 0 saturated heterocycles. The van der Waals surface area contributed by atoms with E-state index in [2.05, 4.69) is 20.8 Å². The molecule has 0 saturated carbocycles. The number of rotatable bonds is 10. The van der Waals surface area contributed by atoms with Crippen LogP contribution in [0.15, 0.2) is 71.1 Å². The Morgan fingerprint density at radius 2 is 1.89 bits per heavy atom. The molecule has 0 radical (unpaired) electrons. The lowest BCUT2D eigenvalue weighted by atomic mass is 10.1. The van der Waals surface area contributed by atoms with Gasteiger partial charge in [0.05, 0.1) is 23.5 Å². The van der Waals surface area contributed by atoms with Crippen LogP contribution < -0.4 is 20.2 Å². The molecular formula is C27H21Cl2N5O3S. The van der Waals surface area contributed by atoms with E-state index in [9.17, 15) is 4.79 Å². The van der Waals surface area contributed by atoms with Crippen LogP contribution in [0.2, 0.25) is 10.0 Å². The van der Waals surface area contributed by atoms with E-state index in [1.165, 1.54) is 17.6 Å². The van der Waals surface area contributed by atoms with E-state index >= 15 is 0 Å². The Labute approximate surface area is 233 Å². The van der Waals surface area contributed by atoms with Gasteiger partial charge in [-0.2, -0.15) is 10.4 Å². The summed E-state index contributed by atoms with van der Waals surface area (Å²) in [5, 5.41) is 19.6. The highest BCUT2D eigenvalue weighted by molar-refractivity contribution is 7.14. The third kappa shape index (κ3) is 7.01. The predicted octanol–water partition coefficient (Wildman–Crippen LogP) is 6.93. The molecule has 11 heteroatoms. The molecule has 2 N–H and O–H groups in total. The number of amides is 1. The van der Waals surface area contributed by atoms with Crippen LogP contribution in [0.3, 0.4) is 0 Å². The van der Waals surface area contributed by atoms with Crippen molar-refractivity contribution < 1.29 is 14.3 Å². The first-order valence-corrected chi connectivity index (χ1v) is 13.0. The summed E-state index contributed by atoms with van der Waals surface area (Å²) in [6.07, 6.45) is 1.44. The molecule has 0 unspecified atom stereocenters. The molecule has 1 heterocycles. The van der Waals surface area contributed by atoms with Crippen molar-refractivity contribution in [2.45, 2.75) is 6.92 Å². The second kappa shape index (κ2) is 12.9. The van der Waals surface area contributed by atoms with E-state index in [0.717, 1.165) is 22.1 Å². The van der Waals surface area contributed by atoms with Gasteiger partial charge in [0.1, 0.15) is 6.07 Å². The van der Waals surface area contributed by atoms with E-state index in [0.29, 0.717) is 28.5 Å². The number of nitrogens with one attached hydrogen (secondary N) is 2. The second-order valence-electron chi connectivity index (χ2n) is 7.66. The van der Waals surface area contributed by atoms with Crippen LogP contribution in [-0.2, 0) is 0 Å². The van der Waals surface area contributed by atoms with Crippen molar-refractivity contribution in [3.8, 4) is 28.8 Å². The molecule has 0 aliphatic heterocycles. The Morgan fingerprint density at radius 1 is 1.13 bits per heavy atom. The zero-order chi connectivity index (χ0) is 26.9. The van der Waals surface area contributed by atoms with Gasteiger partial charge in [0, 0.05) is 27.2 Å². The number of halogens is 2.